The molecule has 0 saturated heterocycles. The number of para-hydroxylation sites is 1. The maximum absolute atomic E-state index is 12.6. The number of nitrogens with zero attached hydrogens (tertiary/aromatic N) is 2. The number of thiophene rings is 1. The molecule has 3 aromatic rings. The fourth-order valence-corrected chi connectivity index (χ4v) is 4.73. The number of rotatable bonds is 3. The smallest absolute Gasteiger partial charge is 0.231 e. The highest BCUT2D eigenvalue weighted by molar-refractivity contribution is 7.22. The van der Waals surface area contributed by atoms with Crippen molar-refractivity contribution < 1.29 is 9.53 Å². The number of aromatic nitrogens is 1. The molecule has 23 heavy (non-hydrogen) atoms. The second kappa shape index (κ2) is 6.03. The topological polar surface area (TPSA) is 42.4 Å². The third-order valence-corrected chi connectivity index (χ3v) is 6.23. The Kier molecular flexibility index (Phi) is 3.88. The van der Waals surface area contributed by atoms with E-state index in [2.05, 4.69) is 16.4 Å². The van der Waals surface area contributed by atoms with Crippen LogP contribution < -0.4 is 4.90 Å². The number of hydrogen-bond donors (Lipinski definition) is 0. The molecule has 6 heteroatoms. The summed E-state index contributed by atoms with van der Waals surface area (Å²) in [5.41, 5.74) is 2.25. The number of carbonyl (C=O) groups is 1. The maximum atomic E-state index is 12.6. The van der Waals surface area contributed by atoms with Crippen LogP contribution in [0.5, 0.6) is 0 Å². The summed E-state index contributed by atoms with van der Waals surface area (Å²) < 4.78 is 6.92. The van der Waals surface area contributed by atoms with Gasteiger partial charge in [0.2, 0.25) is 5.91 Å². The van der Waals surface area contributed by atoms with Gasteiger partial charge in [0.05, 0.1) is 23.2 Å². The average Bonchev–Trinajstić information content (AvgIpc) is 3.20. The summed E-state index contributed by atoms with van der Waals surface area (Å²) in [7, 11) is 1.79. The number of hydrogen-bond acceptors (Lipinski definition) is 5. The Morgan fingerprint density at radius 1 is 1.39 bits per heavy atom. The van der Waals surface area contributed by atoms with Crippen molar-refractivity contribution in [3.63, 3.8) is 0 Å². The minimum Gasteiger partial charge on any atom is -0.372 e. The van der Waals surface area contributed by atoms with E-state index in [9.17, 15) is 4.79 Å². The fourth-order valence-electron chi connectivity index (χ4n) is 2.78. The Morgan fingerprint density at radius 2 is 2.26 bits per heavy atom. The average molecular weight is 344 g/mol. The van der Waals surface area contributed by atoms with Crippen molar-refractivity contribution in [2.45, 2.75) is 18.9 Å². The molecule has 0 radical (unpaired) electrons. The van der Waals surface area contributed by atoms with Crippen molar-refractivity contribution in [1.29, 1.82) is 0 Å². The monoisotopic (exact) mass is 344 g/mol. The summed E-state index contributed by atoms with van der Waals surface area (Å²) in [6, 6.07) is 10.1. The first-order chi connectivity index (χ1) is 11.2. The highest BCUT2D eigenvalue weighted by Crippen LogP contribution is 2.35. The minimum absolute atomic E-state index is 0.0373. The van der Waals surface area contributed by atoms with E-state index in [1.165, 1.54) is 21.8 Å². The van der Waals surface area contributed by atoms with Crippen LogP contribution in [-0.2, 0) is 16.0 Å². The molecule has 4 rings (SSSR count). The number of carbonyl (C=O) groups excluding carboxylic acids is 1. The highest BCUT2D eigenvalue weighted by Gasteiger charge is 2.27. The predicted molar refractivity (Wildman–Crippen MR) is 94.4 cm³/mol. The summed E-state index contributed by atoms with van der Waals surface area (Å²) in [5.74, 6) is 0.0373. The zero-order valence-electron chi connectivity index (χ0n) is 12.7. The Balaban J connectivity index is 1.53. The van der Waals surface area contributed by atoms with Crippen molar-refractivity contribution in [3.8, 4) is 0 Å². The fraction of sp³-hybridized carbons (Fsp3) is 0.294. The standard InChI is InChI=1S/C17H16N2O2S2/c1-19(17-18-12-4-2-3-5-14(12)23-17)15(20)10-13-16-11(6-8-21-13)7-9-22-16/h2-5,7,9,13H,6,8,10H2,1H3/t13-/m1/s1. The van der Waals surface area contributed by atoms with Gasteiger partial charge in [-0.05, 0) is 35.6 Å². The number of thiazole rings is 1. The van der Waals surface area contributed by atoms with Gasteiger partial charge in [0, 0.05) is 11.9 Å². The van der Waals surface area contributed by atoms with E-state index in [1.54, 1.807) is 23.3 Å². The van der Waals surface area contributed by atoms with Crippen LogP contribution in [0.2, 0.25) is 0 Å². The van der Waals surface area contributed by atoms with Gasteiger partial charge in [-0.1, -0.05) is 23.5 Å². The molecule has 2 aromatic heterocycles. The van der Waals surface area contributed by atoms with Crippen LogP contribution in [0.15, 0.2) is 35.7 Å². The van der Waals surface area contributed by atoms with Crippen LogP contribution in [0, 0.1) is 0 Å². The van der Waals surface area contributed by atoms with E-state index in [4.69, 9.17) is 4.74 Å². The van der Waals surface area contributed by atoms with Gasteiger partial charge < -0.3 is 4.74 Å². The van der Waals surface area contributed by atoms with Gasteiger partial charge in [-0.2, -0.15) is 0 Å². The lowest BCUT2D eigenvalue weighted by atomic mass is 10.1. The molecule has 4 nitrogen and oxygen atoms in total. The lowest BCUT2D eigenvalue weighted by molar-refractivity contribution is -0.121. The number of anilines is 1. The van der Waals surface area contributed by atoms with Crippen molar-refractivity contribution in [3.05, 3.63) is 46.2 Å². The molecule has 0 unspecified atom stereocenters. The Morgan fingerprint density at radius 3 is 3.13 bits per heavy atom. The van der Waals surface area contributed by atoms with Crippen molar-refractivity contribution >= 4 is 43.9 Å². The SMILES string of the molecule is CN(C(=O)C[C@H]1OCCc2ccsc21)c1nc2ccccc2s1. The third-order valence-electron chi connectivity index (χ3n) is 4.07. The Bertz CT molecular complexity index is 822. The van der Waals surface area contributed by atoms with E-state index >= 15 is 0 Å². The van der Waals surface area contributed by atoms with Crippen LogP contribution in [0.1, 0.15) is 23.0 Å². The largest absolute Gasteiger partial charge is 0.372 e. The summed E-state index contributed by atoms with van der Waals surface area (Å²) in [5, 5.41) is 2.81. The van der Waals surface area contributed by atoms with Gasteiger partial charge in [0.25, 0.3) is 0 Å². The van der Waals surface area contributed by atoms with Gasteiger partial charge >= 0.3 is 0 Å². The maximum Gasteiger partial charge on any atom is 0.231 e. The number of benzene rings is 1. The molecule has 3 heterocycles. The van der Waals surface area contributed by atoms with Gasteiger partial charge in [-0.15, -0.1) is 11.3 Å². The van der Waals surface area contributed by atoms with E-state index in [0.29, 0.717) is 13.0 Å². The number of amides is 1. The predicted octanol–water partition coefficient (Wildman–Crippen LogP) is 4.02. The molecular weight excluding hydrogens is 328 g/mol. The molecule has 1 atom stereocenters. The molecule has 0 spiro atoms. The molecule has 1 aromatic carbocycles. The van der Waals surface area contributed by atoms with Crippen LogP contribution in [0.3, 0.4) is 0 Å². The Hall–Kier alpha value is -1.76. The van der Waals surface area contributed by atoms with Crippen LogP contribution in [0.4, 0.5) is 5.13 Å². The molecule has 0 aliphatic carbocycles. The van der Waals surface area contributed by atoms with Crippen LogP contribution in [-0.4, -0.2) is 24.5 Å². The molecule has 1 amide bonds. The lowest BCUT2D eigenvalue weighted by Gasteiger charge is -2.24. The summed E-state index contributed by atoms with van der Waals surface area (Å²) in [4.78, 5) is 20.0. The quantitative estimate of drug-likeness (QED) is 0.720. The zero-order valence-corrected chi connectivity index (χ0v) is 14.3. The first-order valence-corrected chi connectivity index (χ1v) is 9.22. The Labute approximate surface area is 142 Å². The minimum atomic E-state index is -0.122. The molecule has 0 saturated carbocycles. The van der Waals surface area contributed by atoms with E-state index in [0.717, 1.165) is 21.8 Å². The van der Waals surface area contributed by atoms with Crippen molar-refractivity contribution in [2.24, 2.45) is 0 Å². The molecule has 0 fully saturated rings. The molecule has 0 N–H and O–H groups in total. The molecule has 1 aliphatic rings. The summed E-state index contributed by atoms with van der Waals surface area (Å²) in [6.45, 7) is 0.687. The van der Waals surface area contributed by atoms with E-state index in [-0.39, 0.29) is 12.0 Å². The zero-order chi connectivity index (χ0) is 15.8. The molecule has 118 valence electrons. The van der Waals surface area contributed by atoms with Gasteiger partial charge in [-0.25, -0.2) is 4.98 Å². The molecule has 0 bridgehead atoms. The first kappa shape index (κ1) is 14.8. The van der Waals surface area contributed by atoms with Crippen molar-refractivity contribution in [1.82, 2.24) is 4.98 Å². The second-order valence-corrected chi connectivity index (χ2v) is 7.50. The summed E-state index contributed by atoms with van der Waals surface area (Å²) in [6.07, 6.45) is 1.18. The first-order valence-electron chi connectivity index (χ1n) is 7.52. The van der Waals surface area contributed by atoms with Crippen LogP contribution in [0.25, 0.3) is 10.2 Å². The second-order valence-electron chi connectivity index (χ2n) is 5.54. The summed E-state index contributed by atoms with van der Waals surface area (Å²) >= 11 is 3.22. The molecule has 1 aliphatic heterocycles. The molecular formula is C17H16N2O2S2. The van der Waals surface area contributed by atoms with Crippen molar-refractivity contribution in [2.75, 3.05) is 18.6 Å². The van der Waals surface area contributed by atoms with Crippen LogP contribution >= 0.6 is 22.7 Å². The highest BCUT2D eigenvalue weighted by atomic mass is 32.1. The van der Waals surface area contributed by atoms with E-state index < -0.39 is 0 Å². The van der Waals surface area contributed by atoms with Gasteiger partial charge in [0.1, 0.15) is 6.10 Å². The number of fused-ring (bicyclic) bond motifs is 2. The van der Waals surface area contributed by atoms with E-state index in [1.807, 2.05) is 24.3 Å². The van der Waals surface area contributed by atoms with Gasteiger partial charge in [0.15, 0.2) is 5.13 Å². The van der Waals surface area contributed by atoms with Gasteiger partial charge in [-0.3, -0.25) is 9.69 Å². The number of ether oxygens (including phenoxy) is 1. The third kappa shape index (κ3) is 2.78. The lowest BCUT2D eigenvalue weighted by Crippen LogP contribution is -2.29. The normalized spacial score (nSPS) is 17.2.